The van der Waals surface area contributed by atoms with E-state index in [1.54, 1.807) is 6.07 Å². The van der Waals surface area contributed by atoms with E-state index in [1.165, 1.54) is 37.0 Å². The molecule has 7 heteroatoms. The molecule has 3 aromatic carbocycles. The van der Waals surface area contributed by atoms with Gasteiger partial charge in [0.1, 0.15) is 5.92 Å². The molecule has 0 radical (unpaired) electrons. The third-order valence-electron chi connectivity index (χ3n) is 6.44. The number of nitrogens with zero attached hydrogens (tertiary/aromatic N) is 3. The van der Waals surface area contributed by atoms with Crippen molar-refractivity contribution in [3.63, 3.8) is 0 Å². The molecule has 5 rings (SSSR count). The van der Waals surface area contributed by atoms with Crippen molar-refractivity contribution >= 4 is 28.7 Å². The number of carbonyl (C=O) groups is 1. The zero-order chi connectivity index (χ0) is 23.5. The van der Waals surface area contributed by atoms with Gasteiger partial charge in [0.05, 0.1) is 16.3 Å². The Bertz CT molecular complexity index is 1250. The van der Waals surface area contributed by atoms with E-state index in [0.717, 1.165) is 30.9 Å². The van der Waals surface area contributed by atoms with E-state index in [9.17, 15) is 14.9 Å². The standard InChI is InChI=1S/C27H26N4O3/c32-27-25(23-17-22(31(33)34)12-13-24(23)29-27)26(20-9-3-1-4-10-20)28-21-11-7-8-19(16-21)18-30-14-5-2-6-15-30/h1,3-4,7-13,16-17,25H,2,5-6,14-15,18H2,(H,29,32). The number of aliphatic imine (C=N–C) groups is 1. The Morgan fingerprint density at radius 2 is 1.79 bits per heavy atom. The Morgan fingerprint density at radius 1 is 1.00 bits per heavy atom. The number of benzene rings is 3. The van der Waals surface area contributed by atoms with Crippen LogP contribution in [0.2, 0.25) is 0 Å². The quantitative estimate of drug-likeness (QED) is 0.305. The summed E-state index contributed by atoms with van der Waals surface area (Å²) in [6.07, 6.45) is 3.76. The molecule has 2 aliphatic heterocycles. The first kappa shape index (κ1) is 22.0. The van der Waals surface area contributed by atoms with E-state index in [-0.39, 0.29) is 11.6 Å². The van der Waals surface area contributed by atoms with Crippen LogP contribution >= 0.6 is 0 Å². The molecular weight excluding hydrogens is 428 g/mol. The van der Waals surface area contributed by atoms with Crippen molar-refractivity contribution < 1.29 is 9.72 Å². The average Bonchev–Trinajstić information content (AvgIpc) is 3.18. The number of hydrogen-bond donors (Lipinski definition) is 1. The Labute approximate surface area is 198 Å². The van der Waals surface area contributed by atoms with Crippen LogP contribution in [0.5, 0.6) is 0 Å². The van der Waals surface area contributed by atoms with Gasteiger partial charge in [0.2, 0.25) is 5.91 Å². The van der Waals surface area contributed by atoms with Gasteiger partial charge < -0.3 is 5.32 Å². The van der Waals surface area contributed by atoms with Crippen molar-refractivity contribution in [2.45, 2.75) is 31.7 Å². The minimum absolute atomic E-state index is 0.0452. The smallest absolute Gasteiger partial charge is 0.269 e. The van der Waals surface area contributed by atoms with E-state index >= 15 is 0 Å². The van der Waals surface area contributed by atoms with Crippen molar-refractivity contribution in [3.8, 4) is 0 Å². The summed E-state index contributed by atoms with van der Waals surface area (Å²) in [4.78, 5) is 31.4. The predicted molar refractivity (Wildman–Crippen MR) is 133 cm³/mol. The molecular formula is C27H26N4O3. The summed E-state index contributed by atoms with van der Waals surface area (Å²) in [6, 6.07) is 22.1. The van der Waals surface area contributed by atoms with E-state index in [4.69, 9.17) is 4.99 Å². The van der Waals surface area contributed by atoms with Gasteiger partial charge in [-0.1, -0.05) is 48.9 Å². The van der Waals surface area contributed by atoms with Gasteiger partial charge in [0.25, 0.3) is 5.69 Å². The Morgan fingerprint density at radius 3 is 2.56 bits per heavy atom. The summed E-state index contributed by atoms with van der Waals surface area (Å²) < 4.78 is 0. The van der Waals surface area contributed by atoms with E-state index in [1.807, 2.05) is 42.5 Å². The van der Waals surface area contributed by atoms with Crippen molar-refractivity contribution in [3.05, 3.63) is 99.6 Å². The number of fused-ring (bicyclic) bond motifs is 1. The minimum atomic E-state index is -0.733. The van der Waals surface area contributed by atoms with Crippen LogP contribution in [0.1, 0.15) is 41.9 Å². The lowest BCUT2D eigenvalue weighted by atomic mass is 9.90. The lowest BCUT2D eigenvalue weighted by Crippen LogP contribution is -2.29. The highest BCUT2D eigenvalue weighted by molar-refractivity contribution is 6.24. The first-order chi connectivity index (χ1) is 16.6. The van der Waals surface area contributed by atoms with E-state index < -0.39 is 10.8 Å². The van der Waals surface area contributed by atoms with Gasteiger partial charge in [-0.25, -0.2) is 0 Å². The zero-order valence-electron chi connectivity index (χ0n) is 18.8. The van der Waals surface area contributed by atoms with Gasteiger partial charge >= 0.3 is 0 Å². The topological polar surface area (TPSA) is 87.8 Å². The molecule has 0 spiro atoms. The van der Waals surface area contributed by atoms with Crippen molar-refractivity contribution in [2.24, 2.45) is 4.99 Å². The number of nitro benzene ring substituents is 1. The number of nitro groups is 1. The van der Waals surface area contributed by atoms with Crippen molar-refractivity contribution in [1.82, 2.24) is 4.90 Å². The molecule has 3 aromatic rings. The van der Waals surface area contributed by atoms with Crippen LogP contribution in [-0.4, -0.2) is 34.5 Å². The van der Waals surface area contributed by atoms with Crippen LogP contribution in [0.25, 0.3) is 0 Å². The lowest BCUT2D eigenvalue weighted by molar-refractivity contribution is -0.384. The van der Waals surface area contributed by atoms with Crippen molar-refractivity contribution in [1.29, 1.82) is 0 Å². The fourth-order valence-corrected chi connectivity index (χ4v) is 4.78. The summed E-state index contributed by atoms with van der Waals surface area (Å²) in [7, 11) is 0. The van der Waals surface area contributed by atoms with Gasteiger partial charge in [0.15, 0.2) is 0 Å². The largest absolute Gasteiger partial charge is 0.325 e. The number of likely N-dealkylation sites (tertiary alicyclic amines) is 1. The van der Waals surface area contributed by atoms with E-state index in [0.29, 0.717) is 17.0 Å². The summed E-state index contributed by atoms with van der Waals surface area (Å²) in [5.74, 6) is -0.967. The Hall–Kier alpha value is -3.84. The summed E-state index contributed by atoms with van der Waals surface area (Å²) >= 11 is 0. The highest BCUT2D eigenvalue weighted by Crippen LogP contribution is 2.38. The highest BCUT2D eigenvalue weighted by Gasteiger charge is 2.36. The molecule has 2 aliphatic rings. The number of non-ortho nitro benzene ring substituents is 1. The molecule has 7 nitrogen and oxygen atoms in total. The number of hydrogen-bond acceptors (Lipinski definition) is 5. The van der Waals surface area contributed by atoms with Gasteiger partial charge in [-0.15, -0.1) is 0 Å². The first-order valence-electron chi connectivity index (χ1n) is 11.6. The molecule has 1 saturated heterocycles. The van der Waals surface area contributed by atoms with Crippen LogP contribution in [0.15, 0.2) is 77.8 Å². The number of amides is 1. The molecule has 0 saturated carbocycles. The molecule has 172 valence electrons. The van der Waals surface area contributed by atoms with Crippen LogP contribution in [-0.2, 0) is 11.3 Å². The second kappa shape index (κ2) is 9.57. The number of carbonyl (C=O) groups excluding carboxylic acids is 1. The first-order valence-corrected chi connectivity index (χ1v) is 11.6. The monoisotopic (exact) mass is 454 g/mol. The average molecular weight is 455 g/mol. The van der Waals surface area contributed by atoms with Gasteiger partial charge in [-0.2, -0.15) is 0 Å². The van der Waals surface area contributed by atoms with Crippen LogP contribution < -0.4 is 5.32 Å². The molecule has 0 bridgehead atoms. The predicted octanol–water partition coefficient (Wildman–Crippen LogP) is 5.44. The number of anilines is 1. The second-order valence-corrected chi connectivity index (χ2v) is 8.82. The second-order valence-electron chi connectivity index (χ2n) is 8.82. The lowest BCUT2D eigenvalue weighted by Gasteiger charge is -2.26. The van der Waals surface area contributed by atoms with Crippen LogP contribution in [0, 0.1) is 10.1 Å². The summed E-state index contributed by atoms with van der Waals surface area (Å²) in [5.41, 5.74) is 4.45. The summed E-state index contributed by atoms with van der Waals surface area (Å²) in [6.45, 7) is 3.10. The molecule has 1 unspecified atom stereocenters. The third-order valence-corrected chi connectivity index (χ3v) is 6.44. The molecule has 0 aliphatic carbocycles. The molecule has 1 N–H and O–H groups in total. The van der Waals surface area contributed by atoms with Gasteiger partial charge in [-0.3, -0.25) is 24.8 Å². The highest BCUT2D eigenvalue weighted by atomic mass is 16.6. The SMILES string of the molecule is O=C1Nc2ccc([N+](=O)[O-])cc2C1C(=Nc1cccc(CN2CCCCC2)c1)c1ccccc1. The fourth-order valence-electron chi connectivity index (χ4n) is 4.78. The Kier molecular flexibility index (Phi) is 6.18. The molecule has 0 aromatic heterocycles. The van der Waals surface area contributed by atoms with Crippen molar-refractivity contribution in [2.75, 3.05) is 18.4 Å². The molecule has 1 fully saturated rings. The minimum Gasteiger partial charge on any atom is -0.325 e. The summed E-state index contributed by atoms with van der Waals surface area (Å²) in [5, 5.41) is 14.3. The van der Waals surface area contributed by atoms with Gasteiger partial charge in [0, 0.05) is 29.9 Å². The number of nitrogens with one attached hydrogen (secondary N) is 1. The maximum absolute atomic E-state index is 13.1. The molecule has 2 heterocycles. The Balaban J connectivity index is 1.55. The molecule has 34 heavy (non-hydrogen) atoms. The number of rotatable bonds is 6. The van der Waals surface area contributed by atoms with Crippen LogP contribution in [0.3, 0.4) is 0 Å². The molecule has 1 atom stereocenters. The van der Waals surface area contributed by atoms with E-state index in [2.05, 4.69) is 22.3 Å². The fraction of sp³-hybridized carbons (Fsp3) is 0.259. The normalized spacial score (nSPS) is 18.4. The maximum atomic E-state index is 13.1. The number of piperidine rings is 1. The molecule has 1 amide bonds. The zero-order valence-corrected chi connectivity index (χ0v) is 18.8. The third kappa shape index (κ3) is 4.61. The maximum Gasteiger partial charge on any atom is 0.269 e. The van der Waals surface area contributed by atoms with Crippen LogP contribution in [0.4, 0.5) is 17.1 Å². The van der Waals surface area contributed by atoms with Gasteiger partial charge in [-0.05, 0) is 55.3 Å².